The Morgan fingerprint density at radius 2 is 2.04 bits per heavy atom. The van der Waals surface area contributed by atoms with Gasteiger partial charge in [0.2, 0.25) is 11.8 Å². The molecule has 1 aliphatic heterocycles. The Bertz CT molecular complexity index is 655. The van der Waals surface area contributed by atoms with E-state index in [9.17, 15) is 14.0 Å². The van der Waals surface area contributed by atoms with Gasteiger partial charge >= 0.3 is 0 Å². The molecule has 0 spiro atoms. The molecule has 7 heteroatoms. The molecule has 1 aromatic carbocycles. The van der Waals surface area contributed by atoms with E-state index in [1.807, 2.05) is 6.92 Å². The van der Waals surface area contributed by atoms with Crippen LogP contribution in [0.3, 0.4) is 0 Å². The average molecular weight is 398 g/mol. The van der Waals surface area contributed by atoms with E-state index in [1.54, 1.807) is 17.0 Å². The van der Waals surface area contributed by atoms with E-state index in [2.05, 4.69) is 10.6 Å². The van der Waals surface area contributed by atoms with Crippen molar-refractivity contribution in [3.8, 4) is 0 Å². The van der Waals surface area contributed by atoms with Crippen LogP contribution in [0.5, 0.6) is 0 Å². The maximum Gasteiger partial charge on any atom is 0.239 e. The lowest BCUT2D eigenvalue weighted by atomic mass is 9.67. The summed E-state index contributed by atoms with van der Waals surface area (Å²) in [4.78, 5) is 27.3. The summed E-state index contributed by atoms with van der Waals surface area (Å²) >= 11 is 0. The third kappa shape index (κ3) is 4.79. The van der Waals surface area contributed by atoms with E-state index in [0.717, 1.165) is 37.9 Å². The summed E-state index contributed by atoms with van der Waals surface area (Å²) in [6.45, 7) is 4.48. The SMILES string of the molecule is CCN(CC(=O)NCc1ccc(F)cc1)C(=O)[C@@]12CCCC[C@H]1CNC2.Cl. The topological polar surface area (TPSA) is 61.4 Å². The zero-order valence-electron chi connectivity index (χ0n) is 15.8. The van der Waals surface area contributed by atoms with E-state index in [4.69, 9.17) is 0 Å². The lowest BCUT2D eigenvalue weighted by molar-refractivity contribution is -0.147. The zero-order chi connectivity index (χ0) is 18.6. The molecular weight excluding hydrogens is 369 g/mol. The van der Waals surface area contributed by atoms with Crippen LogP contribution in [0, 0.1) is 17.2 Å². The third-order valence-corrected chi connectivity index (χ3v) is 5.87. The predicted octanol–water partition coefficient (Wildman–Crippen LogP) is 2.49. The van der Waals surface area contributed by atoms with Crippen LogP contribution in [-0.2, 0) is 16.1 Å². The second kappa shape index (κ2) is 9.51. The molecule has 1 saturated carbocycles. The van der Waals surface area contributed by atoms with Gasteiger partial charge in [-0.1, -0.05) is 25.0 Å². The number of benzene rings is 1. The van der Waals surface area contributed by atoms with Gasteiger partial charge in [0, 0.05) is 19.6 Å². The summed E-state index contributed by atoms with van der Waals surface area (Å²) < 4.78 is 12.9. The minimum atomic E-state index is -0.328. The van der Waals surface area contributed by atoms with Crippen LogP contribution in [-0.4, -0.2) is 42.9 Å². The highest BCUT2D eigenvalue weighted by Gasteiger charge is 2.51. The van der Waals surface area contributed by atoms with Gasteiger partial charge in [0.1, 0.15) is 5.82 Å². The monoisotopic (exact) mass is 397 g/mol. The Balaban J connectivity index is 0.00000261. The highest BCUT2D eigenvalue weighted by molar-refractivity contribution is 5.88. The van der Waals surface area contributed by atoms with Crippen LogP contribution in [0.25, 0.3) is 0 Å². The van der Waals surface area contributed by atoms with Gasteiger partial charge in [0.25, 0.3) is 0 Å². The number of halogens is 2. The van der Waals surface area contributed by atoms with E-state index < -0.39 is 0 Å². The molecule has 5 nitrogen and oxygen atoms in total. The van der Waals surface area contributed by atoms with Gasteiger partial charge in [0.15, 0.2) is 0 Å². The van der Waals surface area contributed by atoms with Crippen molar-refractivity contribution in [1.29, 1.82) is 0 Å². The number of carbonyl (C=O) groups is 2. The molecule has 3 rings (SSSR count). The fourth-order valence-corrected chi connectivity index (χ4v) is 4.34. The minimum Gasteiger partial charge on any atom is -0.350 e. The standard InChI is InChI=1S/C20H28FN3O2.ClH/c1-2-24(13-18(25)23-11-15-6-8-17(21)9-7-15)19(26)20-10-4-3-5-16(20)12-22-14-20;/h6-9,16,22H,2-5,10-14H2,1H3,(H,23,25);1H/t16-,20+;/m0./s1. The lowest BCUT2D eigenvalue weighted by Crippen LogP contribution is -2.52. The summed E-state index contributed by atoms with van der Waals surface area (Å²) in [5, 5.41) is 6.22. The molecule has 1 aliphatic carbocycles. The number of nitrogens with zero attached hydrogens (tertiary/aromatic N) is 1. The molecule has 2 amide bonds. The number of carbonyl (C=O) groups excluding carboxylic acids is 2. The number of nitrogens with one attached hydrogen (secondary N) is 2. The van der Waals surface area contributed by atoms with Crippen molar-refractivity contribution in [3.63, 3.8) is 0 Å². The molecule has 2 fully saturated rings. The smallest absolute Gasteiger partial charge is 0.239 e. The minimum absolute atomic E-state index is 0. The van der Waals surface area contributed by atoms with Gasteiger partial charge in [-0.15, -0.1) is 12.4 Å². The molecule has 2 atom stereocenters. The highest BCUT2D eigenvalue weighted by atomic mass is 35.5. The Morgan fingerprint density at radius 3 is 2.74 bits per heavy atom. The first-order valence-electron chi connectivity index (χ1n) is 9.56. The molecule has 2 aliphatic rings. The van der Waals surface area contributed by atoms with Gasteiger partial charge in [-0.2, -0.15) is 0 Å². The molecular formula is C20H29ClFN3O2. The molecule has 0 aromatic heterocycles. The van der Waals surface area contributed by atoms with Crippen LogP contribution < -0.4 is 10.6 Å². The van der Waals surface area contributed by atoms with Crippen LogP contribution >= 0.6 is 12.4 Å². The Hall–Kier alpha value is -1.66. The molecule has 27 heavy (non-hydrogen) atoms. The first kappa shape index (κ1) is 21.6. The Kier molecular flexibility index (Phi) is 7.62. The average Bonchev–Trinajstić information content (AvgIpc) is 3.10. The number of amides is 2. The van der Waals surface area contributed by atoms with E-state index in [-0.39, 0.29) is 42.0 Å². The number of hydrogen-bond acceptors (Lipinski definition) is 3. The van der Waals surface area contributed by atoms with Gasteiger partial charge in [-0.25, -0.2) is 4.39 Å². The van der Waals surface area contributed by atoms with Crippen molar-refractivity contribution in [2.75, 3.05) is 26.2 Å². The molecule has 0 bridgehead atoms. The maximum atomic E-state index is 13.2. The molecule has 1 aromatic rings. The molecule has 0 unspecified atom stereocenters. The Morgan fingerprint density at radius 1 is 1.30 bits per heavy atom. The predicted molar refractivity (Wildman–Crippen MR) is 105 cm³/mol. The second-order valence-corrected chi connectivity index (χ2v) is 7.45. The van der Waals surface area contributed by atoms with Crippen molar-refractivity contribution in [2.24, 2.45) is 11.3 Å². The lowest BCUT2D eigenvalue weighted by Gasteiger charge is -2.40. The van der Waals surface area contributed by atoms with E-state index in [0.29, 0.717) is 19.0 Å². The third-order valence-electron chi connectivity index (χ3n) is 5.87. The Labute approximate surface area is 166 Å². The van der Waals surface area contributed by atoms with Gasteiger partial charge < -0.3 is 15.5 Å². The van der Waals surface area contributed by atoms with Crippen LogP contribution in [0.2, 0.25) is 0 Å². The van der Waals surface area contributed by atoms with Crippen molar-refractivity contribution in [1.82, 2.24) is 15.5 Å². The fraction of sp³-hybridized carbons (Fsp3) is 0.600. The van der Waals surface area contributed by atoms with E-state index >= 15 is 0 Å². The quantitative estimate of drug-likeness (QED) is 0.775. The van der Waals surface area contributed by atoms with Crippen molar-refractivity contribution in [2.45, 2.75) is 39.2 Å². The van der Waals surface area contributed by atoms with Crippen molar-refractivity contribution >= 4 is 24.2 Å². The summed E-state index contributed by atoms with van der Waals surface area (Å²) in [5.74, 6) is 0.0280. The largest absolute Gasteiger partial charge is 0.350 e. The summed E-state index contributed by atoms with van der Waals surface area (Å²) in [6, 6.07) is 6.04. The second-order valence-electron chi connectivity index (χ2n) is 7.45. The van der Waals surface area contributed by atoms with Crippen LogP contribution in [0.1, 0.15) is 38.2 Å². The molecule has 0 radical (unpaired) electrons. The molecule has 150 valence electrons. The van der Waals surface area contributed by atoms with Crippen molar-refractivity contribution in [3.05, 3.63) is 35.6 Å². The summed E-state index contributed by atoms with van der Waals surface area (Å²) in [5.41, 5.74) is 0.506. The number of hydrogen-bond donors (Lipinski definition) is 2. The maximum absolute atomic E-state index is 13.2. The molecule has 1 heterocycles. The first-order valence-corrected chi connectivity index (χ1v) is 9.56. The van der Waals surface area contributed by atoms with Gasteiger partial charge in [-0.05, 0) is 49.9 Å². The summed E-state index contributed by atoms with van der Waals surface area (Å²) in [7, 11) is 0. The zero-order valence-corrected chi connectivity index (χ0v) is 16.6. The number of rotatable bonds is 6. The fourth-order valence-electron chi connectivity index (χ4n) is 4.34. The van der Waals surface area contributed by atoms with Crippen LogP contribution in [0.4, 0.5) is 4.39 Å². The highest BCUT2D eigenvalue weighted by Crippen LogP contribution is 2.45. The van der Waals surface area contributed by atoms with Gasteiger partial charge in [-0.3, -0.25) is 9.59 Å². The number of fused-ring (bicyclic) bond motifs is 1. The summed E-state index contributed by atoms with van der Waals surface area (Å²) in [6.07, 6.45) is 4.27. The van der Waals surface area contributed by atoms with Crippen LogP contribution in [0.15, 0.2) is 24.3 Å². The van der Waals surface area contributed by atoms with E-state index in [1.165, 1.54) is 18.6 Å². The molecule has 2 N–H and O–H groups in total. The number of likely N-dealkylation sites (N-methyl/N-ethyl adjacent to an activating group) is 1. The van der Waals surface area contributed by atoms with Crippen molar-refractivity contribution < 1.29 is 14.0 Å². The van der Waals surface area contributed by atoms with Gasteiger partial charge in [0.05, 0.1) is 12.0 Å². The molecule has 1 saturated heterocycles. The normalized spacial score (nSPS) is 23.9. The first-order chi connectivity index (χ1) is 12.5.